The van der Waals surface area contributed by atoms with Crippen LogP contribution in [-0.4, -0.2) is 33.6 Å². The van der Waals surface area contributed by atoms with Gasteiger partial charge in [-0.1, -0.05) is 48.5 Å². The lowest BCUT2D eigenvalue weighted by Crippen LogP contribution is -2.19. The molecule has 0 atom stereocenters. The highest BCUT2D eigenvalue weighted by molar-refractivity contribution is 5.86. The molecule has 1 aromatic heterocycles. The Kier molecular flexibility index (Phi) is 4.80. The third kappa shape index (κ3) is 3.47. The number of anilines is 1. The first-order valence-corrected chi connectivity index (χ1v) is 9.33. The van der Waals surface area contributed by atoms with Gasteiger partial charge < -0.3 is 9.84 Å². The Morgan fingerprint density at radius 3 is 2.24 bits per heavy atom. The van der Waals surface area contributed by atoms with Gasteiger partial charge >= 0.3 is 12.1 Å². The minimum atomic E-state index is -0.997. The Bertz CT molecular complexity index is 1060. The number of carbonyl (C=O) groups excluding carboxylic acids is 1. The van der Waals surface area contributed by atoms with E-state index in [4.69, 9.17) is 9.84 Å². The maximum atomic E-state index is 12.4. The van der Waals surface area contributed by atoms with Crippen LogP contribution in [0.15, 0.2) is 48.5 Å². The van der Waals surface area contributed by atoms with Crippen molar-refractivity contribution >= 4 is 17.7 Å². The molecule has 2 aromatic carbocycles. The summed E-state index contributed by atoms with van der Waals surface area (Å²) in [6.45, 7) is 3.37. The van der Waals surface area contributed by atoms with E-state index in [1.54, 1.807) is 13.8 Å². The zero-order valence-electron chi connectivity index (χ0n) is 16.2. The van der Waals surface area contributed by atoms with Crippen LogP contribution in [-0.2, 0) is 16.1 Å². The van der Waals surface area contributed by atoms with Gasteiger partial charge in [0.25, 0.3) is 0 Å². The van der Waals surface area contributed by atoms with Crippen LogP contribution in [0.25, 0.3) is 11.1 Å². The molecule has 1 amide bonds. The number of hydrogen-bond acceptors (Lipinski definition) is 4. The largest absolute Gasteiger partial charge is 0.480 e. The molecule has 3 aromatic rings. The van der Waals surface area contributed by atoms with E-state index >= 15 is 0 Å². The first-order chi connectivity index (χ1) is 14.0. The highest BCUT2D eigenvalue weighted by Gasteiger charge is 2.29. The second-order valence-corrected chi connectivity index (χ2v) is 7.05. The molecule has 29 heavy (non-hydrogen) atoms. The SMILES string of the molecule is Cc1nn(CC(=O)O)c(C)c1NC(=O)OCC1c2ccccc2-c2ccccc21. The van der Waals surface area contributed by atoms with Gasteiger partial charge in [-0.25, -0.2) is 4.79 Å². The van der Waals surface area contributed by atoms with Crippen molar-refractivity contribution in [2.75, 3.05) is 11.9 Å². The lowest BCUT2D eigenvalue weighted by molar-refractivity contribution is -0.137. The van der Waals surface area contributed by atoms with Crippen molar-refractivity contribution in [3.05, 3.63) is 71.0 Å². The molecule has 0 unspecified atom stereocenters. The van der Waals surface area contributed by atoms with Crippen molar-refractivity contribution in [3.63, 3.8) is 0 Å². The van der Waals surface area contributed by atoms with Gasteiger partial charge in [0.1, 0.15) is 13.2 Å². The normalized spacial score (nSPS) is 12.3. The predicted molar refractivity (Wildman–Crippen MR) is 108 cm³/mol. The van der Waals surface area contributed by atoms with E-state index in [0.29, 0.717) is 17.1 Å². The van der Waals surface area contributed by atoms with Gasteiger partial charge in [0.05, 0.1) is 17.1 Å². The Hall–Kier alpha value is -3.61. The van der Waals surface area contributed by atoms with Crippen LogP contribution in [0.2, 0.25) is 0 Å². The maximum absolute atomic E-state index is 12.4. The molecule has 1 aliphatic rings. The number of benzene rings is 2. The highest BCUT2D eigenvalue weighted by atomic mass is 16.5. The van der Waals surface area contributed by atoms with Crippen LogP contribution >= 0.6 is 0 Å². The quantitative estimate of drug-likeness (QED) is 0.687. The zero-order chi connectivity index (χ0) is 20.5. The summed E-state index contributed by atoms with van der Waals surface area (Å²) in [4.78, 5) is 23.4. The average molecular weight is 391 g/mol. The summed E-state index contributed by atoms with van der Waals surface area (Å²) < 4.78 is 6.88. The highest BCUT2D eigenvalue weighted by Crippen LogP contribution is 2.44. The number of carboxylic acid groups (broad SMARTS) is 1. The van der Waals surface area contributed by atoms with Gasteiger partial charge in [0, 0.05) is 5.92 Å². The zero-order valence-corrected chi connectivity index (χ0v) is 16.2. The van der Waals surface area contributed by atoms with Gasteiger partial charge in [-0.3, -0.25) is 14.8 Å². The van der Waals surface area contributed by atoms with Gasteiger partial charge in [-0.2, -0.15) is 5.10 Å². The molecule has 0 radical (unpaired) electrons. The monoisotopic (exact) mass is 391 g/mol. The topological polar surface area (TPSA) is 93.5 Å². The first-order valence-electron chi connectivity index (χ1n) is 9.33. The lowest BCUT2D eigenvalue weighted by atomic mass is 9.98. The number of aryl methyl sites for hydroxylation is 1. The number of rotatable bonds is 5. The standard InChI is InChI=1S/C22H21N3O4/c1-13-21(14(2)25(24-13)11-20(26)27)23-22(28)29-12-19-17-9-5-3-7-15(17)16-8-4-6-10-18(16)19/h3-10,19H,11-12H2,1-2H3,(H,23,28)(H,26,27). The maximum Gasteiger partial charge on any atom is 0.411 e. The lowest BCUT2D eigenvalue weighted by Gasteiger charge is -2.14. The molecule has 7 heteroatoms. The molecular formula is C22H21N3O4. The molecule has 1 aliphatic carbocycles. The number of nitrogens with zero attached hydrogens (tertiary/aromatic N) is 2. The molecule has 0 fully saturated rings. The Balaban J connectivity index is 1.49. The Morgan fingerprint density at radius 2 is 1.66 bits per heavy atom. The number of hydrogen-bond donors (Lipinski definition) is 2. The van der Waals surface area contributed by atoms with Crippen molar-refractivity contribution < 1.29 is 19.4 Å². The summed E-state index contributed by atoms with van der Waals surface area (Å²) in [5.41, 5.74) is 6.20. The van der Waals surface area contributed by atoms with E-state index in [1.165, 1.54) is 15.8 Å². The predicted octanol–water partition coefficient (Wildman–Crippen LogP) is 3.95. The van der Waals surface area contributed by atoms with Crippen molar-refractivity contribution in [2.24, 2.45) is 0 Å². The summed E-state index contributed by atoms with van der Waals surface area (Å²) in [6.07, 6.45) is -0.590. The number of carboxylic acids is 1. The second-order valence-electron chi connectivity index (χ2n) is 7.05. The number of aromatic nitrogens is 2. The summed E-state index contributed by atoms with van der Waals surface area (Å²) in [5, 5.41) is 15.8. The summed E-state index contributed by atoms with van der Waals surface area (Å²) in [5.74, 6) is -1.02. The molecule has 7 nitrogen and oxygen atoms in total. The summed E-state index contributed by atoms with van der Waals surface area (Å²) >= 11 is 0. The van der Waals surface area contributed by atoms with Crippen LogP contribution in [0.1, 0.15) is 28.4 Å². The number of carbonyl (C=O) groups is 2. The number of fused-ring (bicyclic) bond motifs is 3. The van der Waals surface area contributed by atoms with Crippen molar-refractivity contribution in [1.29, 1.82) is 0 Å². The van der Waals surface area contributed by atoms with Crippen LogP contribution < -0.4 is 5.32 Å². The van der Waals surface area contributed by atoms with E-state index in [-0.39, 0.29) is 19.1 Å². The number of aliphatic carboxylic acids is 1. The Morgan fingerprint density at radius 1 is 1.07 bits per heavy atom. The molecule has 0 bridgehead atoms. The number of amides is 1. The molecule has 0 saturated carbocycles. The fourth-order valence-electron chi connectivity index (χ4n) is 3.90. The minimum Gasteiger partial charge on any atom is -0.480 e. The smallest absolute Gasteiger partial charge is 0.411 e. The van der Waals surface area contributed by atoms with E-state index in [0.717, 1.165) is 11.1 Å². The average Bonchev–Trinajstić information content (AvgIpc) is 3.15. The van der Waals surface area contributed by atoms with Crippen molar-refractivity contribution in [2.45, 2.75) is 26.3 Å². The van der Waals surface area contributed by atoms with Crippen LogP contribution in [0.5, 0.6) is 0 Å². The van der Waals surface area contributed by atoms with Gasteiger partial charge in [-0.05, 0) is 36.1 Å². The third-order valence-corrected chi connectivity index (χ3v) is 5.24. The summed E-state index contributed by atoms with van der Waals surface area (Å²) in [7, 11) is 0. The fraction of sp³-hybridized carbons (Fsp3) is 0.227. The van der Waals surface area contributed by atoms with Crippen molar-refractivity contribution in [1.82, 2.24) is 9.78 Å². The van der Waals surface area contributed by atoms with E-state index < -0.39 is 12.1 Å². The van der Waals surface area contributed by atoms with Crippen LogP contribution in [0.4, 0.5) is 10.5 Å². The molecule has 0 saturated heterocycles. The molecule has 0 aliphatic heterocycles. The van der Waals surface area contributed by atoms with Crippen LogP contribution in [0.3, 0.4) is 0 Å². The van der Waals surface area contributed by atoms with E-state index in [9.17, 15) is 9.59 Å². The fourth-order valence-corrected chi connectivity index (χ4v) is 3.90. The number of nitrogens with one attached hydrogen (secondary N) is 1. The second kappa shape index (κ2) is 7.43. The van der Waals surface area contributed by atoms with Gasteiger partial charge in [0.2, 0.25) is 0 Å². The minimum absolute atomic E-state index is 0.0231. The van der Waals surface area contributed by atoms with Crippen molar-refractivity contribution in [3.8, 4) is 11.1 Å². The molecule has 4 rings (SSSR count). The summed E-state index contributed by atoms with van der Waals surface area (Å²) in [6, 6.07) is 16.3. The van der Waals surface area contributed by atoms with E-state index in [2.05, 4.69) is 34.7 Å². The number of ether oxygens (including phenoxy) is 1. The molecule has 1 heterocycles. The third-order valence-electron chi connectivity index (χ3n) is 5.24. The Labute approximate surface area is 167 Å². The molecule has 148 valence electrons. The molecule has 2 N–H and O–H groups in total. The van der Waals surface area contributed by atoms with Gasteiger partial charge in [-0.15, -0.1) is 0 Å². The van der Waals surface area contributed by atoms with Gasteiger partial charge in [0.15, 0.2) is 0 Å². The molecule has 0 spiro atoms. The van der Waals surface area contributed by atoms with E-state index in [1.807, 2.05) is 24.3 Å². The molecular weight excluding hydrogens is 370 g/mol. The first kappa shape index (κ1) is 18.7. The van der Waals surface area contributed by atoms with Crippen LogP contribution in [0, 0.1) is 13.8 Å².